The molecule has 0 rings (SSSR count). The van der Waals surface area contributed by atoms with E-state index in [9.17, 15) is 14.0 Å². The number of ketones is 1. The van der Waals surface area contributed by atoms with E-state index in [-0.39, 0.29) is 11.9 Å². The molecule has 15 heavy (non-hydrogen) atoms. The number of amides is 1. The lowest BCUT2D eigenvalue weighted by Gasteiger charge is -2.19. The maximum atomic E-state index is 12.9. The van der Waals surface area contributed by atoms with Gasteiger partial charge in [-0.15, -0.1) is 0 Å². The fourth-order valence-corrected chi connectivity index (χ4v) is 1.04. The predicted octanol–water partition coefficient (Wildman–Crippen LogP) is 1.81. The summed E-state index contributed by atoms with van der Waals surface area (Å²) < 4.78 is 17.8. The Balaban J connectivity index is 3.86. The third kappa shape index (κ3) is 7.30. The molecule has 0 aliphatic rings. The van der Waals surface area contributed by atoms with E-state index in [4.69, 9.17) is 4.74 Å². The van der Waals surface area contributed by atoms with Crippen LogP contribution in [-0.4, -0.2) is 35.5 Å². The molecule has 6 heteroatoms. The molecule has 0 saturated carbocycles. The van der Waals surface area contributed by atoms with Crippen LogP contribution in [0.2, 0.25) is 0 Å². The summed E-state index contributed by atoms with van der Waals surface area (Å²) in [5.74, 6) is -0.606. The largest absolute Gasteiger partial charge is 0.444 e. The third-order valence-corrected chi connectivity index (χ3v) is 1.86. The molecule has 0 aromatic rings. The molecule has 1 atom stereocenters. The molecule has 0 aliphatic heterocycles. The number of hydrogen-bond acceptors (Lipinski definition) is 3. The normalized spacial score (nSPS) is 13.1. The number of rotatable bonds is 4. The molecule has 0 fully saturated rings. The van der Waals surface area contributed by atoms with Gasteiger partial charge in [0.2, 0.25) is 0 Å². The summed E-state index contributed by atoms with van der Waals surface area (Å²) in [4.78, 5) is 21.8. The minimum absolute atomic E-state index is 0.0653. The summed E-state index contributed by atoms with van der Waals surface area (Å²) in [5, 5.41) is 2.11. The van der Waals surface area contributed by atoms with Gasteiger partial charge in [0.05, 0.1) is 11.9 Å². The van der Waals surface area contributed by atoms with Crippen molar-refractivity contribution in [2.24, 2.45) is 0 Å². The summed E-state index contributed by atoms with van der Waals surface area (Å²) in [6.45, 7) is 4.73. The van der Waals surface area contributed by atoms with E-state index < -0.39 is 23.6 Å². The van der Waals surface area contributed by atoms with Crippen molar-refractivity contribution in [1.82, 2.24) is 5.32 Å². The monoisotopic (exact) mass is 283 g/mol. The minimum atomic E-state index is -1.70. The van der Waals surface area contributed by atoms with Crippen LogP contribution in [0.15, 0.2) is 0 Å². The second-order valence-corrected chi connectivity index (χ2v) is 4.51. The van der Waals surface area contributed by atoms with Crippen LogP contribution in [0.3, 0.4) is 0 Å². The molecule has 0 radical (unpaired) electrons. The van der Waals surface area contributed by atoms with Crippen LogP contribution in [-0.2, 0) is 9.53 Å². The highest BCUT2D eigenvalue weighted by Gasteiger charge is 2.20. The molecule has 0 bridgehead atoms. The van der Waals surface area contributed by atoms with Gasteiger partial charge in [0.25, 0.3) is 0 Å². The highest BCUT2D eigenvalue weighted by molar-refractivity contribution is 9.09. The van der Waals surface area contributed by atoms with Crippen LogP contribution in [0.5, 0.6) is 0 Å². The molecule has 0 saturated heterocycles. The molecule has 0 aromatic heterocycles. The zero-order chi connectivity index (χ0) is 12.1. The van der Waals surface area contributed by atoms with Crippen molar-refractivity contribution in [1.29, 1.82) is 0 Å². The number of ether oxygens (including phenoxy) is 1. The molecule has 4 nitrogen and oxygen atoms in total. The Morgan fingerprint density at radius 3 is 2.40 bits per heavy atom. The zero-order valence-electron chi connectivity index (χ0n) is 8.97. The fourth-order valence-electron chi connectivity index (χ4n) is 0.685. The topological polar surface area (TPSA) is 55.4 Å². The van der Waals surface area contributed by atoms with Crippen molar-refractivity contribution in [3.63, 3.8) is 0 Å². The summed E-state index contributed by atoms with van der Waals surface area (Å²) in [5.41, 5.74) is -0.630. The van der Waals surface area contributed by atoms with Crippen molar-refractivity contribution in [3.8, 4) is 0 Å². The molecular formula is C9H15BrFNO3. The number of nitrogens with one attached hydrogen (secondary N) is 1. The molecule has 1 N–H and O–H groups in total. The Labute approximate surface area is 96.7 Å². The number of hydrogen-bond donors (Lipinski definition) is 1. The van der Waals surface area contributed by atoms with Crippen molar-refractivity contribution in [2.45, 2.75) is 32.5 Å². The summed E-state index contributed by atoms with van der Waals surface area (Å²) >= 11 is 2.84. The average molecular weight is 284 g/mol. The summed E-state index contributed by atoms with van der Waals surface area (Å²) in [6, 6.07) is 0. The van der Waals surface area contributed by atoms with E-state index in [1.165, 1.54) is 0 Å². The lowest BCUT2D eigenvalue weighted by molar-refractivity contribution is -0.120. The predicted molar refractivity (Wildman–Crippen MR) is 57.9 cm³/mol. The quantitative estimate of drug-likeness (QED) is 0.801. The van der Waals surface area contributed by atoms with Crippen LogP contribution >= 0.6 is 15.9 Å². The molecular weight excluding hydrogens is 269 g/mol. The number of carbonyl (C=O) groups excluding carboxylic acids is 2. The van der Waals surface area contributed by atoms with Crippen LogP contribution in [0, 0.1) is 0 Å². The first-order chi connectivity index (χ1) is 6.76. The smallest absolute Gasteiger partial charge is 0.407 e. The van der Waals surface area contributed by atoms with Gasteiger partial charge in [-0.05, 0) is 20.8 Å². The third-order valence-electron chi connectivity index (χ3n) is 1.31. The van der Waals surface area contributed by atoms with E-state index in [1.807, 2.05) is 0 Å². The molecule has 0 heterocycles. The lowest BCUT2D eigenvalue weighted by Crippen LogP contribution is -2.38. The Hall–Kier alpha value is -0.650. The number of Topliss-reactive ketones (excluding diaryl/α,β-unsaturated/α-hetero) is 1. The Morgan fingerprint density at radius 2 is 2.00 bits per heavy atom. The second-order valence-electron chi connectivity index (χ2n) is 3.95. The number of alkyl halides is 2. The highest BCUT2D eigenvalue weighted by Crippen LogP contribution is 2.06. The summed E-state index contributed by atoms with van der Waals surface area (Å²) in [7, 11) is 0. The molecule has 1 amide bonds. The Bertz CT molecular complexity index is 240. The van der Waals surface area contributed by atoms with Gasteiger partial charge >= 0.3 is 6.09 Å². The van der Waals surface area contributed by atoms with Gasteiger partial charge in [0.15, 0.2) is 12.0 Å². The Morgan fingerprint density at radius 1 is 1.47 bits per heavy atom. The van der Waals surface area contributed by atoms with Crippen LogP contribution < -0.4 is 5.32 Å². The van der Waals surface area contributed by atoms with Crippen LogP contribution in [0.25, 0.3) is 0 Å². The van der Waals surface area contributed by atoms with E-state index in [0.717, 1.165) is 0 Å². The van der Waals surface area contributed by atoms with Crippen molar-refractivity contribution < 1.29 is 18.7 Å². The lowest BCUT2D eigenvalue weighted by atomic mass is 10.2. The SMILES string of the molecule is CC(C)(C)OC(=O)NCC(F)C(=O)CBr. The van der Waals surface area contributed by atoms with Gasteiger partial charge in [-0.2, -0.15) is 0 Å². The van der Waals surface area contributed by atoms with Gasteiger partial charge in [-0.25, -0.2) is 9.18 Å². The average Bonchev–Trinajstić information content (AvgIpc) is 2.10. The molecule has 0 spiro atoms. The van der Waals surface area contributed by atoms with Gasteiger partial charge in [0.1, 0.15) is 5.60 Å². The van der Waals surface area contributed by atoms with Crippen molar-refractivity contribution in [2.75, 3.05) is 11.9 Å². The van der Waals surface area contributed by atoms with Gasteiger partial charge < -0.3 is 10.1 Å². The van der Waals surface area contributed by atoms with E-state index >= 15 is 0 Å². The molecule has 0 aromatic carbocycles. The molecule has 1 unspecified atom stereocenters. The van der Waals surface area contributed by atoms with E-state index in [1.54, 1.807) is 20.8 Å². The molecule has 88 valence electrons. The van der Waals surface area contributed by atoms with Crippen LogP contribution in [0.1, 0.15) is 20.8 Å². The first-order valence-corrected chi connectivity index (χ1v) is 5.58. The summed E-state index contributed by atoms with van der Waals surface area (Å²) in [6.07, 6.45) is -2.43. The van der Waals surface area contributed by atoms with Gasteiger partial charge in [0, 0.05) is 0 Å². The van der Waals surface area contributed by atoms with Crippen molar-refractivity contribution >= 4 is 27.8 Å². The second kappa shape index (κ2) is 6.05. The van der Waals surface area contributed by atoms with Crippen molar-refractivity contribution in [3.05, 3.63) is 0 Å². The van der Waals surface area contributed by atoms with Gasteiger partial charge in [-0.1, -0.05) is 15.9 Å². The highest BCUT2D eigenvalue weighted by atomic mass is 79.9. The first kappa shape index (κ1) is 14.3. The van der Waals surface area contributed by atoms with E-state index in [0.29, 0.717) is 0 Å². The zero-order valence-corrected chi connectivity index (χ0v) is 10.6. The minimum Gasteiger partial charge on any atom is -0.444 e. The number of alkyl carbamates (subject to hydrolysis) is 1. The maximum absolute atomic E-state index is 12.9. The maximum Gasteiger partial charge on any atom is 0.407 e. The first-order valence-electron chi connectivity index (χ1n) is 4.46. The number of carbonyl (C=O) groups is 2. The van der Waals surface area contributed by atoms with Gasteiger partial charge in [-0.3, -0.25) is 4.79 Å². The fraction of sp³-hybridized carbons (Fsp3) is 0.778. The Kier molecular flexibility index (Phi) is 5.79. The molecule has 0 aliphatic carbocycles. The van der Waals surface area contributed by atoms with E-state index in [2.05, 4.69) is 21.2 Å². The standard InChI is InChI=1S/C9H15BrFNO3/c1-9(2,3)15-8(14)12-5-6(11)7(13)4-10/h6H,4-5H2,1-3H3,(H,12,14). The van der Waals surface area contributed by atoms with Crippen LogP contribution in [0.4, 0.5) is 9.18 Å². The number of halogens is 2.